The van der Waals surface area contributed by atoms with E-state index < -0.39 is 0 Å². The smallest absolute Gasteiger partial charge is 0.273 e. The molecule has 6 heteroatoms. The summed E-state index contributed by atoms with van der Waals surface area (Å²) in [6, 6.07) is 3.26. The van der Waals surface area contributed by atoms with Gasteiger partial charge in [0.2, 0.25) is 0 Å². The van der Waals surface area contributed by atoms with Crippen molar-refractivity contribution in [1.82, 2.24) is 24.6 Å². The molecular formula is C12H11N5O. The third kappa shape index (κ3) is 1.67. The van der Waals surface area contributed by atoms with Gasteiger partial charge in [0.05, 0.1) is 17.6 Å². The number of fused-ring (bicyclic) bond motifs is 1. The lowest BCUT2D eigenvalue weighted by molar-refractivity contribution is 0.881. The van der Waals surface area contributed by atoms with E-state index in [4.69, 9.17) is 0 Å². The van der Waals surface area contributed by atoms with Crippen molar-refractivity contribution >= 4 is 5.65 Å². The summed E-state index contributed by atoms with van der Waals surface area (Å²) in [7, 11) is 0. The van der Waals surface area contributed by atoms with E-state index in [1.807, 2.05) is 19.9 Å². The summed E-state index contributed by atoms with van der Waals surface area (Å²) in [6.07, 6.45) is 3.27. The highest BCUT2D eigenvalue weighted by molar-refractivity contribution is 5.56. The Labute approximate surface area is 102 Å². The predicted octanol–water partition coefficient (Wildman–Crippen LogP) is 1.10. The van der Waals surface area contributed by atoms with Crippen molar-refractivity contribution in [3.63, 3.8) is 0 Å². The zero-order valence-corrected chi connectivity index (χ0v) is 10.0. The lowest BCUT2D eigenvalue weighted by atomic mass is 10.3. The first-order valence-corrected chi connectivity index (χ1v) is 5.52. The first-order valence-electron chi connectivity index (χ1n) is 5.52. The zero-order chi connectivity index (χ0) is 12.7. The lowest BCUT2D eigenvalue weighted by Gasteiger charge is -2.00. The summed E-state index contributed by atoms with van der Waals surface area (Å²) in [4.78, 5) is 24.7. The van der Waals surface area contributed by atoms with E-state index in [0.717, 1.165) is 11.4 Å². The van der Waals surface area contributed by atoms with Crippen LogP contribution < -0.4 is 5.56 Å². The Morgan fingerprint density at radius 1 is 1.11 bits per heavy atom. The molecule has 3 aromatic rings. The number of aromatic amines is 1. The van der Waals surface area contributed by atoms with Gasteiger partial charge in [-0.05, 0) is 13.8 Å². The van der Waals surface area contributed by atoms with E-state index in [0.29, 0.717) is 17.0 Å². The van der Waals surface area contributed by atoms with E-state index in [2.05, 4.69) is 20.1 Å². The zero-order valence-electron chi connectivity index (χ0n) is 10.0. The minimum absolute atomic E-state index is 0.162. The van der Waals surface area contributed by atoms with E-state index in [1.165, 1.54) is 10.6 Å². The highest BCUT2D eigenvalue weighted by atomic mass is 16.1. The first-order chi connectivity index (χ1) is 8.63. The van der Waals surface area contributed by atoms with Crippen LogP contribution in [0.3, 0.4) is 0 Å². The molecule has 0 atom stereocenters. The number of nitrogens with zero attached hydrogens (tertiary/aromatic N) is 4. The van der Waals surface area contributed by atoms with Crippen LogP contribution in [0.15, 0.2) is 29.3 Å². The van der Waals surface area contributed by atoms with Crippen LogP contribution in [0.4, 0.5) is 0 Å². The van der Waals surface area contributed by atoms with Gasteiger partial charge in [-0.1, -0.05) is 0 Å². The van der Waals surface area contributed by atoms with E-state index in [-0.39, 0.29) is 5.56 Å². The van der Waals surface area contributed by atoms with Crippen molar-refractivity contribution in [2.45, 2.75) is 13.8 Å². The fourth-order valence-electron chi connectivity index (χ4n) is 1.77. The maximum atomic E-state index is 11.9. The van der Waals surface area contributed by atoms with Gasteiger partial charge in [0.15, 0.2) is 5.65 Å². The number of H-pyrrole nitrogens is 1. The Morgan fingerprint density at radius 3 is 2.67 bits per heavy atom. The highest BCUT2D eigenvalue weighted by Gasteiger charge is 2.07. The SMILES string of the molecule is Cc1cnc(-c2cc(=O)n3[nH]c(C)cc3n2)cn1. The molecule has 0 aliphatic rings. The van der Waals surface area contributed by atoms with Crippen molar-refractivity contribution in [2.75, 3.05) is 0 Å². The molecule has 3 aromatic heterocycles. The molecule has 0 saturated heterocycles. The molecule has 0 aromatic carbocycles. The fraction of sp³-hybridized carbons (Fsp3) is 0.167. The Bertz CT molecular complexity index is 769. The second-order valence-electron chi connectivity index (χ2n) is 4.16. The molecule has 0 fully saturated rings. The highest BCUT2D eigenvalue weighted by Crippen LogP contribution is 2.12. The minimum Gasteiger partial charge on any atom is -0.294 e. The van der Waals surface area contributed by atoms with Crippen LogP contribution in [0.5, 0.6) is 0 Å². The molecule has 0 unspecified atom stereocenters. The summed E-state index contributed by atoms with van der Waals surface area (Å²) in [5.41, 5.74) is 3.26. The van der Waals surface area contributed by atoms with Crippen LogP contribution in [-0.4, -0.2) is 24.6 Å². The maximum absolute atomic E-state index is 11.9. The molecule has 3 rings (SSSR count). The molecule has 0 amide bonds. The first kappa shape index (κ1) is 10.6. The summed E-state index contributed by atoms with van der Waals surface area (Å²) in [5.74, 6) is 0. The molecule has 0 bridgehead atoms. The number of hydrogen-bond acceptors (Lipinski definition) is 4. The molecule has 18 heavy (non-hydrogen) atoms. The molecule has 0 spiro atoms. The van der Waals surface area contributed by atoms with Crippen LogP contribution in [0.25, 0.3) is 17.0 Å². The molecule has 0 aliphatic carbocycles. The van der Waals surface area contributed by atoms with Gasteiger partial charge in [0.25, 0.3) is 5.56 Å². The second-order valence-corrected chi connectivity index (χ2v) is 4.16. The van der Waals surface area contributed by atoms with Gasteiger partial charge in [-0.15, -0.1) is 0 Å². The summed E-state index contributed by atoms with van der Waals surface area (Å²) in [6.45, 7) is 3.73. The van der Waals surface area contributed by atoms with Crippen LogP contribution >= 0.6 is 0 Å². The van der Waals surface area contributed by atoms with E-state index in [9.17, 15) is 4.79 Å². The Balaban J connectivity index is 2.24. The number of nitrogens with one attached hydrogen (secondary N) is 1. The number of hydrogen-bond donors (Lipinski definition) is 1. The van der Waals surface area contributed by atoms with Gasteiger partial charge >= 0.3 is 0 Å². The normalized spacial score (nSPS) is 11.0. The predicted molar refractivity (Wildman–Crippen MR) is 66.3 cm³/mol. The Morgan fingerprint density at radius 2 is 1.94 bits per heavy atom. The quantitative estimate of drug-likeness (QED) is 0.692. The average molecular weight is 241 g/mol. The third-order valence-corrected chi connectivity index (χ3v) is 2.62. The number of aryl methyl sites for hydroxylation is 2. The summed E-state index contributed by atoms with van der Waals surface area (Å²) < 4.78 is 1.40. The van der Waals surface area contributed by atoms with E-state index >= 15 is 0 Å². The largest absolute Gasteiger partial charge is 0.294 e. The summed E-state index contributed by atoms with van der Waals surface area (Å²) >= 11 is 0. The van der Waals surface area contributed by atoms with Gasteiger partial charge in [-0.25, -0.2) is 9.50 Å². The molecule has 90 valence electrons. The van der Waals surface area contributed by atoms with Crippen molar-refractivity contribution < 1.29 is 0 Å². The van der Waals surface area contributed by atoms with Crippen molar-refractivity contribution in [2.24, 2.45) is 0 Å². The van der Waals surface area contributed by atoms with Crippen molar-refractivity contribution in [1.29, 1.82) is 0 Å². The summed E-state index contributed by atoms with van der Waals surface area (Å²) in [5, 5.41) is 2.92. The number of aromatic nitrogens is 5. The molecule has 6 nitrogen and oxygen atoms in total. The van der Waals surface area contributed by atoms with Crippen LogP contribution in [0.2, 0.25) is 0 Å². The molecule has 0 radical (unpaired) electrons. The van der Waals surface area contributed by atoms with Crippen molar-refractivity contribution in [3.05, 3.63) is 46.3 Å². The van der Waals surface area contributed by atoms with Gasteiger partial charge in [-0.2, -0.15) is 0 Å². The third-order valence-electron chi connectivity index (χ3n) is 2.62. The average Bonchev–Trinajstić information content (AvgIpc) is 2.71. The Kier molecular flexibility index (Phi) is 2.22. The van der Waals surface area contributed by atoms with Crippen LogP contribution in [-0.2, 0) is 0 Å². The molecule has 0 aliphatic heterocycles. The molecule has 1 N–H and O–H groups in total. The van der Waals surface area contributed by atoms with Gasteiger partial charge in [0.1, 0.15) is 5.69 Å². The van der Waals surface area contributed by atoms with Gasteiger partial charge in [-0.3, -0.25) is 19.9 Å². The molecule has 3 heterocycles. The second kappa shape index (κ2) is 3.76. The van der Waals surface area contributed by atoms with E-state index in [1.54, 1.807) is 12.4 Å². The lowest BCUT2D eigenvalue weighted by Crippen LogP contribution is -2.14. The van der Waals surface area contributed by atoms with Crippen molar-refractivity contribution in [3.8, 4) is 11.4 Å². The maximum Gasteiger partial charge on any atom is 0.273 e. The minimum atomic E-state index is -0.162. The van der Waals surface area contributed by atoms with Crippen LogP contribution in [0.1, 0.15) is 11.4 Å². The topological polar surface area (TPSA) is 75.9 Å². The molecule has 0 saturated carbocycles. The molecular weight excluding hydrogens is 230 g/mol. The standard InChI is InChI=1S/C12H11N5O/c1-7-3-11-15-9(4-12(18)17(11)16-7)10-6-13-8(2)5-14-10/h3-6,16H,1-2H3. The number of rotatable bonds is 1. The van der Waals surface area contributed by atoms with Gasteiger partial charge in [0, 0.05) is 24.0 Å². The van der Waals surface area contributed by atoms with Gasteiger partial charge < -0.3 is 0 Å². The fourth-order valence-corrected chi connectivity index (χ4v) is 1.77. The van der Waals surface area contributed by atoms with Crippen LogP contribution in [0, 0.1) is 13.8 Å². The monoisotopic (exact) mass is 241 g/mol. The Hall–Kier alpha value is -2.50.